The van der Waals surface area contributed by atoms with Crippen LogP contribution < -0.4 is 0 Å². The van der Waals surface area contributed by atoms with Crippen LogP contribution in [0.3, 0.4) is 0 Å². The maximum absolute atomic E-state index is 10.4. The summed E-state index contributed by atoms with van der Waals surface area (Å²) in [4.78, 5) is 0. The zero-order valence-corrected chi connectivity index (χ0v) is 32.8. The lowest BCUT2D eigenvalue weighted by Gasteiger charge is -2.11. The molecule has 0 unspecified atom stereocenters. The van der Waals surface area contributed by atoms with Gasteiger partial charge in [0.15, 0.2) is 0 Å². The highest BCUT2D eigenvalue weighted by molar-refractivity contribution is 6.14. The fourth-order valence-corrected chi connectivity index (χ4v) is 9.55. The van der Waals surface area contributed by atoms with Crippen molar-refractivity contribution in [3.05, 3.63) is 211 Å². The molecular formula is C56H33N5. The SMILES string of the molecule is N#Cc1ccc(-n2c3ccc(-c4ccc5c(c4)c4ccccc4n5-c4ccccc4)cc3c3cc(-c4ccc5c(c4)c4ccccc4n5-c4ccccc4)ccc32)c(C#N)c1. The van der Waals surface area contributed by atoms with Crippen molar-refractivity contribution in [2.24, 2.45) is 0 Å². The average molecular weight is 776 g/mol. The van der Waals surface area contributed by atoms with Gasteiger partial charge in [0.1, 0.15) is 6.07 Å². The topological polar surface area (TPSA) is 62.4 Å². The Hall–Kier alpha value is -8.64. The molecule has 9 aromatic carbocycles. The van der Waals surface area contributed by atoms with Gasteiger partial charge in [-0.1, -0.05) is 97.1 Å². The van der Waals surface area contributed by atoms with Crippen molar-refractivity contribution in [3.63, 3.8) is 0 Å². The molecule has 5 heteroatoms. The second-order valence-electron chi connectivity index (χ2n) is 15.6. The van der Waals surface area contributed by atoms with Crippen LogP contribution in [-0.4, -0.2) is 13.7 Å². The van der Waals surface area contributed by atoms with Crippen LogP contribution in [0, 0.1) is 22.7 Å². The molecule has 0 fully saturated rings. The summed E-state index contributed by atoms with van der Waals surface area (Å²) < 4.78 is 6.85. The Morgan fingerprint density at radius 1 is 0.295 bits per heavy atom. The second-order valence-corrected chi connectivity index (χ2v) is 15.6. The van der Waals surface area contributed by atoms with E-state index in [1.807, 2.05) is 6.07 Å². The van der Waals surface area contributed by atoms with Crippen molar-refractivity contribution in [3.8, 4) is 51.5 Å². The molecule has 0 spiro atoms. The summed E-state index contributed by atoms with van der Waals surface area (Å²) in [7, 11) is 0. The number of hydrogen-bond donors (Lipinski definition) is 0. The number of rotatable bonds is 5. The van der Waals surface area contributed by atoms with Crippen LogP contribution >= 0.6 is 0 Å². The van der Waals surface area contributed by atoms with Crippen LogP contribution in [0.1, 0.15) is 11.1 Å². The maximum atomic E-state index is 10.4. The lowest BCUT2D eigenvalue weighted by atomic mass is 9.98. The summed E-state index contributed by atoms with van der Waals surface area (Å²) in [5, 5.41) is 27.0. The van der Waals surface area contributed by atoms with Crippen molar-refractivity contribution >= 4 is 65.4 Å². The van der Waals surface area contributed by atoms with Crippen LogP contribution in [0.4, 0.5) is 0 Å². The summed E-state index contributed by atoms with van der Waals surface area (Å²) >= 11 is 0. The van der Waals surface area contributed by atoms with Crippen molar-refractivity contribution in [2.75, 3.05) is 0 Å². The molecule has 0 radical (unpaired) electrons. The molecule has 0 aliphatic rings. The number of nitriles is 2. The number of nitrogens with zero attached hydrogens (tertiary/aromatic N) is 5. The van der Waals surface area contributed by atoms with E-state index in [4.69, 9.17) is 0 Å². The van der Waals surface area contributed by atoms with E-state index >= 15 is 0 Å². The summed E-state index contributed by atoms with van der Waals surface area (Å²) in [6.07, 6.45) is 0. The number of hydrogen-bond acceptors (Lipinski definition) is 2. The molecule has 0 atom stereocenters. The quantitative estimate of drug-likeness (QED) is 0.175. The van der Waals surface area contributed by atoms with Crippen molar-refractivity contribution in [1.82, 2.24) is 13.7 Å². The predicted molar refractivity (Wildman–Crippen MR) is 250 cm³/mol. The summed E-state index contributed by atoms with van der Waals surface area (Å²) in [5.74, 6) is 0. The fraction of sp³-hybridized carbons (Fsp3) is 0. The Labute approximate surface area is 351 Å². The zero-order valence-electron chi connectivity index (χ0n) is 32.8. The first-order valence-electron chi connectivity index (χ1n) is 20.4. The summed E-state index contributed by atoms with van der Waals surface area (Å²) in [6.45, 7) is 0. The Bertz CT molecular complexity index is 3620. The van der Waals surface area contributed by atoms with E-state index < -0.39 is 0 Å². The van der Waals surface area contributed by atoms with Gasteiger partial charge in [-0.2, -0.15) is 10.5 Å². The number of aromatic nitrogens is 3. The smallest absolute Gasteiger partial charge is 0.101 e. The Kier molecular flexibility index (Phi) is 7.59. The van der Waals surface area contributed by atoms with Crippen molar-refractivity contribution in [1.29, 1.82) is 10.5 Å². The van der Waals surface area contributed by atoms with Gasteiger partial charge in [0, 0.05) is 43.7 Å². The van der Waals surface area contributed by atoms with Gasteiger partial charge in [0.25, 0.3) is 0 Å². The van der Waals surface area contributed by atoms with E-state index in [-0.39, 0.29) is 0 Å². The minimum Gasteiger partial charge on any atom is -0.309 e. The highest BCUT2D eigenvalue weighted by Crippen LogP contribution is 2.41. The normalized spacial score (nSPS) is 11.6. The second kappa shape index (κ2) is 13.5. The average Bonchev–Trinajstić information content (AvgIpc) is 3.96. The van der Waals surface area contributed by atoms with Gasteiger partial charge in [-0.25, -0.2) is 0 Å². The van der Waals surface area contributed by atoms with Gasteiger partial charge in [-0.05, 0) is 125 Å². The third kappa shape index (κ3) is 5.25. The minimum atomic E-state index is 0.450. The largest absolute Gasteiger partial charge is 0.309 e. The number of benzene rings is 9. The molecule has 5 nitrogen and oxygen atoms in total. The Morgan fingerprint density at radius 2 is 0.672 bits per heavy atom. The Balaban J connectivity index is 1.07. The molecule has 0 saturated heterocycles. The molecule has 3 heterocycles. The standard InChI is InChI=1S/C56H33N5/c57-34-36-19-24-50(41(29-36)35-58)61-55-27-22-39(37-20-25-53-46(30-37)44-15-7-9-17-51(44)59(53)42-11-3-1-4-12-42)32-48(55)49-33-40(23-28-56(49)61)38-21-26-54-47(31-38)45-16-8-10-18-52(45)60(54)43-13-5-2-6-14-43/h1-33H. The van der Waals surface area contributed by atoms with Gasteiger partial charge in [0.2, 0.25) is 0 Å². The molecule has 12 aromatic rings. The maximum Gasteiger partial charge on any atom is 0.101 e. The van der Waals surface area contributed by atoms with Gasteiger partial charge in [0.05, 0.1) is 56.0 Å². The molecule has 282 valence electrons. The third-order valence-corrected chi connectivity index (χ3v) is 12.3. The van der Waals surface area contributed by atoms with Gasteiger partial charge in [-0.3, -0.25) is 0 Å². The van der Waals surface area contributed by atoms with Crippen LogP contribution in [0.15, 0.2) is 200 Å². The van der Waals surface area contributed by atoms with Crippen LogP contribution in [0.25, 0.3) is 105 Å². The lowest BCUT2D eigenvalue weighted by molar-refractivity contribution is 1.16. The molecule has 0 bridgehead atoms. The lowest BCUT2D eigenvalue weighted by Crippen LogP contribution is -1.98. The minimum absolute atomic E-state index is 0.450. The van der Waals surface area contributed by atoms with Gasteiger partial charge in [-0.15, -0.1) is 0 Å². The van der Waals surface area contributed by atoms with Gasteiger partial charge < -0.3 is 13.7 Å². The number of para-hydroxylation sites is 4. The van der Waals surface area contributed by atoms with Crippen LogP contribution in [0.2, 0.25) is 0 Å². The van der Waals surface area contributed by atoms with Crippen molar-refractivity contribution < 1.29 is 0 Å². The van der Waals surface area contributed by atoms with Crippen LogP contribution in [-0.2, 0) is 0 Å². The molecule has 0 aliphatic heterocycles. The molecule has 3 aromatic heterocycles. The molecule has 0 N–H and O–H groups in total. The number of fused-ring (bicyclic) bond motifs is 9. The molecule has 0 saturated carbocycles. The molecule has 0 amide bonds. The third-order valence-electron chi connectivity index (χ3n) is 12.3. The fourth-order valence-electron chi connectivity index (χ4n) is 9.55. The monoisotopic (exact) mass is 775 g/mol. The van der Waals surface area contributed by atoms with E-state index in [2.05, 4.69) is 208 Å². The first kappa shape index (κ1) is 34.4. The van der Waals surface area contributed by atoms with E-state index in [1.165, 1.54) is 32.6 Å². The highest BCUT2D eigenvalue weighted by Gasteiger charge is 2.20. The molecular weight excluding hydrogens is 743 g/mol. The van der Waals surface area contributed by atoms with Gasteiger partial charge >= 0.3 is 0 Å². The molecule has 0 aliphatic carbocycles. The Morgan fingerprint density at radius 3 is 1.10 bits per heavy atom. The van der Waals surface area contributed by atoms with Crippen molar-refractivity contribution in [2.45, 2.75) is 0 Å². The van der Waals surface area contributed by atoms with E-state index in [0.29, 0.717) is 11.1 Å². The first-order chi connectivity index (χ1) is 30.2. The predicted octanol–water partition coefficient (Wildman–Crippen LogP) is 14.1. The van der Waals surface area contributed by atoms with E-state index in [9.17, 15) is 10.5 Å². The van der Waals surface area contributed by atoms with E-state index in [0.717, 1.165) is 72.2 Å². The first-order valence-corrected chi connectivity index (χ1v) is 20.4. The summed E-state index contributed by atoms with van der Waals surface area (Å²) in [5.41, 5.74) is 15.0. The zero-order chi connectivity index (χ0) is 40.6. The summed E-state index contributed by atoms with van der Waals surface area (Å²) in [6, 6.07) is 75.1. The molecule has 12 rings (SSSR count). The van der Waals surface area contributed by atoms with Crippen LogP contribution in [0.5, 0.6) is 0 Å². The molecule has 61 heavy (non-hydrogen) atoms. The highest BCUT2D eigenvalue weighted by atomic mass is 15.0. The van der Waals surface area contributed by atoms with E-state index in [1.54, 1.807) is 12.1 Å².